The molecule has 4 rings (SSSR count). The first-order valence-electron chi connectivity index (χ1n) is 8.01. The Kier molecular flexibility index (Phi) is 3.38. The first kappa shape index (κ1) is 17.4. The van der Waals surface area contributed by atoms with Crippen LogP contribution >= 0.6 is 0 Å². The molecular formula is C18H14N2O7. The maximum Gasteiger partial charge on any atom is 0.215 e. The number of carbonyl (C=O) groups is 2. The number of aromatic hydroxyl groups is 1. The molecule has 138 valence electrons. The van der Waals surface area contributed by atoms with Crippen molar-refractivity contribution in [1.82, 2.24) is 4.57 Å². The number of phenols is 1. The molecule has 0 amide bonds. The lowest BCUT2D eigenvalue weighted by Crippen LogP contribution is -2.52. The molecule has 27 heavy (non-hydrogen) atoms. The van der Waals surface area contributed by atoms with E-state index in [1.54, 1.807) is 6.19 Å². The highest BCUT2D eigenvalue weighted by Crippen LogP contribution is 2.48. The maximum atomic E-state index is 13.0. The Morgan fingerprint density at radius 3 is 2.44 bits per heavy atom. The molecule has 1 aromatic carbocycles. The Morgan fingerprint density at radius 1 is 1.15 bits per heavy atom. The van der Waals surface area contributed by atoms with Crippen LogP contribution in [0.4, 0.5) is 0 Å². The Bertz CT molecular complexity index is 1080. The number of aliphatic hydroxyl groups excluding tert-OH is 3. The number of aromatic nitrogens is 1. The van der Waals surface area contributed by atoms with Crippen LogP contribution in [0.25, 0.3) is 0 Å². The van der Waals surface area contributed by atoms with Gasteiger partial charge in [-0.2, -0.15) is 5.26 Å². The van der Waals surface area contributed by atoms with Gasteiger partial charge in [0, 0.05) is 11.1 Å². The fraction of sp³-hybridized carbons (Fsp3) is 0.278. The molecule has 2 aliphatic carbocycles. The first-order valence-corrected chi connectivity index (χ1v) is 8.01. The zero-order valence-electron chi connectivity index (χ0n) is 13.9. The third kappa shape index (κ3) is 1.90. The Morgan fingerprint density at radius 2 is 1.81 bits per heavy atom. The quantitative estimate of drug-likeness (QED) is 0.353. The number of rotatable bonds is 0. The molecule has 5 N–H and O–H groups in total. The molecule has 0 saturated carbocycles. The molecule has 0 radical (unpaired) electrons. The number of fused-ring (bicyclic) bond motifs is 4. The average molecular weight is 370 g/mol. The Balaban J connectivity index is 2.13. The predicted molar refractivity (Wildman–Crippen MR) is 87.0 cm³/mol. The molecule has 4 atom stereocenters. The van der Waals surface area contributed by atoms with Crippen molar-refractivity contribution >= 4 is 11.6 Å². The van der Waals surface area contributed by atoms with Crippen LogP contribution in [0.5, 0.6) is 5.75 Å². The molecule has 2 aromatic rings. The topological polar surface area (TPSA) is 164 Å². The van der Waals surface area contributed by atoms with Gasteiger partial charge in [0.1, 0.15) is 35.4 Å². The van der Waals surface area contributed by atoms with Gasteiger partial charge in [-0.05, 0) is 13.0 Å². The number of benzene rings is 1. The summed E-state index contributed by atoms with van der Waals surface area (Å²) in [6.07, 6.45) is -3.88. The molecule has 0 bridgehead atoms. The van der Waals surface area contributed by atoms with Gasteiger partial charge >= 0.3 is 0 Å². The van der Waals surface area contributed by atoms with E-state index in [0.29, 0.717) is 4.57 Å². The molecule has 1 heterocycles. The van der Waals surface area contributed by atoms with Gasteiger partial charge in [0.2, 0.25) is 5.78 Å². The number of hydrogen-bond donors (Lipinski definition) is 5. The summed E-state index contributed by atoms with van der Waals surface area (Å²) < 4.78 is 0.661. The summed E-state index contributed by atoms with van der Waals surface area (Å²) in [4.78, 5) is 26.0. The standard InChI is InChI=1S/C18H14N2O7/c1-18(27)16(25)12-10(15(24)17(18)26)9-11(20(12)5-19)14(23)8-6(13(9)22)3-2-4-7(8)21/h2-4,15-17,21,24-27H,1H3/t15-,16-,17+,18+/m0/s1. The molecule has 0 aliphatic heterocycles. The summed E-state index contributed by atoms with van der Waals surface area (Å²) in [5, 5.41) is 61.2. The minimum atomic E-state index is -2.23. The fourth-order valence-corrected chi connectivity index (χ4v) is 3.86. The van der Waals surface area contributed by atoms with E-state index in [2.05, 4.69) is 0 Å². The monoisotopic (exact) mass is 370 g/mol. The summed E-state index contributed by atoms with van der Waals surface area (Å²) >= 11 is 0. The highest BCUT2D eigenvalue weighted by atomic mass is 16.4. The second-order valence-electron chi connectivity index (χ2n) is 6.83. The van der Waals surface area contributed by atoms with E-state index < -0.39 is 46.9 Å². The van der Waals surface area contributed by atoms with Crippen LogP contribution < -0.4 is 0 Å². The van der Waals surface area contributed by atoms with Gasteiger partial charge in [-0.3, -0.25) is 9.59 Å². The number of phenolic OH excluding ortho intramolecular Hbond substituents is 1. The van der Waals surface area contributed by atoms with Gasteiger partial charge in [0.05, 0.1) is 16.8 Å². The zero-order chi connectivity index (χ0) is 19.8. The lowest BCUT2D eigenvalue weighted by Gasteiger charge is -2.41. The summed E-state index contributed by atoms with van der Waals surface area (Å²) in [7, 11) is 0. The van der Waals surface area contributed by atoms with Crippen molar-refractivity contribution in [2.45, 2.75) is 30.8 Å². The van der Waals surface area contributed by atoms with Crippen LogP contribution in [-0.2, 0) is 0 Å². The number of ketones is 2. The van der Waals surface area contributed by atoms with Gasteiger partial charge in [0.25, 0.3) is 0 Å². The van der Waals surface area contributed by atoms with E-state index in [0.717, 1.165) is 6.92 Å². The summed E-state index contributed by atoms with van der Waals surface area (Å²) in [5.74, 6) is -2.05. The van der Waals surface area contributed by atoms with E-state index in [4.69, 9.17) is 0 Å². The van der Waals surface area contributed by atoms with Crippen LogP contribution in [0.3, 0.4) is 0 Å². The van der Waals surface area contributed by atoms with Crippen molar-refractivity contribution in [3.05, 3.63) is 51.8 Å². The van der Waals surface area contributed by atoms with E-state index >= 15 is 0 Å². The number of nitrogens with zero attached hydrogens (tertiary/aromatic N) is 2. The van der Waals surface area contributed by atoms with Gasteiger partial charge in [-0.15, -0.1) is 0 Å². The van der Waals surface area contributed by atoms with E-state index in [-0.39, 0.29) is 27.9 Å². The van der Waals surface area contributed by atoms with E-state index in [1.165, 1.54) is 18.2 Å². The molecule has 0 fully saturated rings. The van der Waals surface area contributed by atoms with Crippen LogP contribution in [-0.4, -0.2) is 53.4 Å². The van der Waals surface area contributed by atoms with Crippen molar-refractivity contribution in [2.24, 2.45) is 0 Å². The van der Waals surface area contributed by atoms with Crippen LogP contribution in [0.15, 0.2) is 18.2 Å². The normalized spacial score (nSPS) is 29.0. The number of hydrogen-bond acceptors (Lipinski definition) is 8. The smallest absolute Gasteiger partial charge is 0.215 e. The summed E-state index contributed by atoms with van der Waals surface area (Å²) in [6.45, 7) is 1.06. The van der Waals surface area contributed by atoms with Crippen LogP contribution in [0.1, 0.15) is 62.4 Å². The van der Waals surface area contributed by atoms with Crippen molar-refractivity contribution in [3.63, 3.8) is 0 Å². The predicted octanol–water partition coefficient (Wildman–Crippen LogP) is -0.509. The minimum absolute atomic E-state index is 0.126. The fourth-order valence-electron chi connectivity index (χ4n) is 3.86. The van der Waals surface area contributed by atoms with Gasteiger partial charge in [-0.25, -0.2) is 4.57 Å². The Hall–Kier alpha value is -3.03. The third-order valence-electron chi connectivity index (χ3n) is 5.31. The molecule has 9 heteroatoms. The van der Waals surface area contributed by atoms with E-state index in [9.17, 15) is 40.4 Å². The lowest BCUT2D eigenvalue weighted by molar-refractivity contribution is -0.183. The van der Waals surface area contributed by atoms with Crippen molar-refractivity contribution in [1.29, 1.82) is 5.26 Å². The Labute approximate surface area is 152 Å². The molecule has 0 saturated heterocycles. The first-order chi connectivity index (χ1) is 12.6. The minimum Gasteiger partial charge on any atom is -0.507 e. The SMILES string of the molecule is C[C@]1(O)[C@H](O)[C@@H](O)c2c3c(n(C#N)c2[C@@H]1O)C(=O)c1c(O)cccc1C3=O. The molecule has 0 unspecified atom stereocenters. The second kappa shape index (κ2) is 5.25. The number of aliphatic hydroxyl groups is 4. The second-order valence-corrected chi connectivity index (χ2v) is 6.83. The van der Waals surface area contributed by atoms with Crippen molar-refractivity contribution in [2.75, 3.05) is 0 Å². The lowest BCUT2D eigenvalue weighted by atomic mass is 9.75. The van der Waals surface area contributed by atoms with E-state index in [1.807, 2.05) is 0 Å². The van der Waals surface area contributed by atoms with Crippen LogP contribution in [0, 0.1) is 11.5 Å². The van der Waals surface area contributed by atoms with Crippen molar-refractivity contribution < 1.29 is 35.1 Å². The van der Waals surface area contributed by atoms with Gasteiger partial charge in [-0.1, -0.05) is 12.1 Å². The third-order valence-corrected chi connectivity index (χ3v) is 5.31. The molecule has 9 nitrogen and oxygen atoms in total. The number of carbonyl (C=O) groups excluding carboxylic acids is 2. The molecule has 1 aromatic heterocycles. The summed E-state index contributed by atoms with van der Waals surface area (Å²) in [6, 6.07) is 3.89. The average Bonchev–Trinajstić information content (AvgIpc) is 2.98. The van der Waals surface area contributed by atoms with Gasteiger partial charge in [0.15, 0.2) is 12.0 Å². The molecular weight excluding hydrogens is 356 g/mol. The zero-order valence-corrected chi connectivity index (χ0v) is 13.9. The molecule has 0 spiro atoms. The highest BCUT2D eigenvalue weighted by Gasteiger charge is 2.54. The number of nitriles is 1. The van der Waals surface area contributed by atoms with Crippen molar-refractivity contribution in [3.8, 4) is 11.9 Å². The highest BCUT2D eigenvalue weighted by molar-refractivity contribution is 6.29. The van der Waals surface area contributed by atoms with Gasteiger partial charge < -0.3 is 25.5 Å². The maximum absolute atomic E-state index is 13.0. The summed E-state index contributed by atoms with van der Waals surface area (Å²) in [5.41, 5.74) is -4.07. The molecule has 2 aliphatic rings. The largest absolute Gasteiger partial charge is 0.507 e. The van der Waals surface area contributed by atoms with Crippen LogP contribution in [0.2, 0.25) is 0 Å².